The van der Waals surface area contributed by atoms with E-state index >= 15 is 0 Å². The third-order valence-corrected chi connectivity index (χ3v) is 3.61. The van der Waals surface area contributed by atoms with E-state index in [4.69, 9.17) is 0 Å². The zero-order valence-corrected chi connectivity index (χ0v) is 10.4. The maximum atomic E-state index is 12.8. The average Bonchev–Trinajstić information content (AvgIpc) is 2.31. The van der Waals surface area contributed by atoms with Crippen molar-refractivity contribution in [2.45, 2.75) is 44.8 Å². The molecule has 0 bridgehead atoms. The number of alkyl halides is 3. The van der Waals surface area contributed by atoms with Gasteiger partial charge in [0.05, 0.1) is 5.56 Å². The molecule has 1 aromatic carbocycles. The molecule has 1 saturated carbocycles. The van der Waals surface area contributed by atoms with Gasteiger partial charge in [0, 0.05) is 11.7 Å². The normalized spacial score (nSPS) is 24.9. The fourth-order valence-electron chi connectivity index (χ4n) is 2.48. The Balaban J connectivity index is 2.10. The molecule has 1 aliphatic rings. The molecule has 0 unspecified atom stereocenters. The predicted molar refractivity (Wildman–Crippen MR) is 66.5 cm³/mol. The summed E-state index contributed by atoms with van der Waals surface area (Å²) >= 11 is 0. The summed E-state index contributed by atoms with van der Waals surface area (Å²) in [5.41, 5.74) is -0.354. The van der Waals surface area contributed by atoms with E-state index in [0.717, 1.165) is 31.7 Å². The zero-order chi connectivity index (χ0) is 13.2. The highest BCUT2D eigenvalue weighted by Gasteiger charge is 2.33. The number of hydrogen-bond acceptors (Lipinski definition) is 1. The van der Waals surface area contributed by atoms with Crippen molar-refractivity contribution in [2.75, 3.05) is 5.32 Å². The number of nitrogens with one attached hydrogen (secondary N) is 1. The molecule has 4 heteroatoms. The monoisotopic (exact) mass is 257 g/mol. The van der Waals surface area contributed by atoms with Crippen LogP contribution in [0.2, 0.25) is 0 Å². The first-order chi connectivity index (χ1) is 8.47. The summed E-state index contributed by atoms with van der Waals surface area (Å²) in [6.07, 6.45) is -0.204. The molecule has 0 spiro atoms. The topological polar surface area (TPSA) is 12.0 Å². The van der Waals surface area contributed by atoms with Crippen LogP contribution in [-0.4, -0.2) is 6.04 Å². The first-order valence-corrected chi connectivity index (χ1v) is 6.39. The molecule has 1 aliphatic carbocycles. The quantitative estimate of drug-likeness (QED) is 0.810. The van der Waals surface area contributed by atoms with Crippen molar-refractivity contribution in [1.29, 1.82) is 0 Å². The summed E-state index contributed by atoms with van der Waals surface area (Å²) < 4.78 is 38.5. The second kappa shape index (κ2) is 5.21. The lowest BCUT2D eigenvalue weighted by atomic mass is 9.87. The van der Waals surface area contributed by atoms with Gasteiger partial charge < -0.3 is 5.32 Å². The van der Waals surface area contributed by atoms with Gasteiger partial charge in [0.2, 0.25) is 0 Å². The first kappa shape index (κ1) is 13.2. The van der Waals surface area contributed by atoms with E-state index < -0.39 is 11.7 Å². The van der Waals surface area contributed by atoms with E-state index in [2.05, 4.69) is 12.2 Å². The Morgan fingerprint density at radius 3 is 2.28 bits per heavy atom. The van der Waals surface area contributed by atoms with E-state index in [0.29, 0.717) is 5.92 Å². The van der Waals surface area contributed by atoms with Crippen molar-refractivity contribution in [3.8, 4) is 0 Å². The molecule has 18 heavy (non-hydrogen) atoms. The number of benzene rings is 1. The van der Waals surface area contributed by atoms with Crippen molar-refractivity contribution in [3.05, 3.63) is 29.8 Å². The third kappa shape index (κ3) is 3.18. The van der Waals surface area contributed by atoms with E-state index in [9.17, 15) is 13.2 Å². The lowest BCUT2D eigenvalue weighted by molar-refractivity contribution is -0.137. The molecule has 0 aliphatic heterocycles. The Bertz CT molecular complexity index is 392. The minimum Gasteiger partial charge on any atom is -0.382 e. The summed E-state index contributed by atoms with van der Waals surface area (Å²) in [7, 11) is 0. The second-order valence-electron chi connectivity index (χ2n) is 5.14. The lowest BCUT2D eigenvalue weighted by Crippen LogP contribution is -2.26. The van der Waals surface area contributed by atoms with Crippen LogP contribution in [0.15, 0.2) is 24.3 Å². The minimum atomic E-state index is -4.29. The molecule has 0 heterocycles. The standard InChI is InChI=1S/C14H18F3N/c1-10-6-8-11(9-7-10)18-13-5-3-2-4-12(13)14(15,16)17/h2-5,10-11,18H,6-9H2,1H3. The molecule has 1 N–H and O–H groups in total. The highest BCUT2D eigenvalue weighted by atomic mass is 19.4. The number of para-hydroxylation sites is 1. The van der Waals surface area contributed by atoms with E-state index in [1.807, 2.05) is 0 Å². The minimum absolute atomic E-state index is 0.171. The molecule has 0 aromatic heterocycles. The third-order valence-electron chi connectivity index (χ3n) is 3.61. The molecule has 1 nitrogen and oxygen atoms in total. The largest absolute Gasteiger partial charge is 0.418 e. The van der Waals surface area contributed by atoms with Crippen LogP contribution in [0.4, 0.5) is 18.9 Å². The van der Waals surface area contributed by atoms with Gasteiger partial charge in [-0.2, -0.15) is 13.2 Å². The van der Waals surface area contributed by atoms with Crippen molar-refractivity contribution in [3.63, 3.8) is 0 Å². The lowest BCUT2D eigenvalue weighted by Gasteiger charge is -2.28. The van der Waals surface area contributed by atoms with Crippen LogP contribution in [0.3, 0.4) is 0 Å². The Kier molecular flexibility index (Phi) is 3.83. The number of rotatable bonds is 2. The molecule has 100 valence electrons. The van der Waals surface area contributed by atoms with Gasteiger partial charge in [0.1, 0.15) is 0 Å². The van der Waals surface area contributed by atoms with Crippen molar-refractivity contribution in [2.24, 2.45) is 5.92 Å². The molecular weight excluding hydrogens is 239 g/mol. The van der Waals surface area contributed by atoms with Gasteiger partial charge in [0.25, 0.3) is 0 Å². The van der Waals surface area contributed by atoms with Gasteiger partial charge in [-0.1, -0.05) is 19.1 Å². The van der Waals surface area contributed by atoms with Crippen LogP contribution < -0.4 is 5.32 Å². The summed E-state index contributed by atoms with van der Waals surface area (Å²) in [5, 5.41) is 3.06. The van der Waals surface area contributed by atoms with Gasteiger partial charge in [-0.05, 0) is 43.7 Å². The Morgan fingerprint density at radius 1 is 1.06 bits per heavy atom. The van der Waals surface area contributed by atoms with Crippen molar-refractivity contribution < 1.29 is 13.2 Å². The Morgan fingerprint density at radius 2 is 1.67 bits per heavy atom. The predicted octanol–water partition coefficient (Wildman–Crippen LogP) is 4.70. The number of hydrogen-bond donors (Lipinski definition) is 1. The van der Waals surface area contributed by atoms with E-state index in [-0.39, 0.29) is 11.7 Å². The van der Waals surface area contributed by atoms with Crippen LogP contribution >= 0.6 is 0 Å². The zero-order valence-electron chi connectivity index (χ0n) is 10.4. The molecule has 0 amide bonds. The maximum Gasteiger partial charge on any atom is 0.418 e. The van der Waals surface area contributed by atoms with Gasteiger partial charge in [0.15, 0.2) is 0 Å². The highest BCUT2D eigenvalue weighted by Crippen LogP contribution is 2.36. The molecule has 1 aromatic rings. The SMILES string of the molecule is CC1CCC(Nc2ccccc2C(F)(F)F)CC1. The van der Waals surface area contributed by atoms with Gasteiger partial charge in [-0.25, -0.2) is 0 Å². The van der Waals surface area contributed by atoms with Crippen molar-refractivity contribution in [1.82, 2.24) is 0 Å². The highest BCUT2D eigenvalue weighted by molar-refractivity contribution is 5.53. The summed E-state index contributed by atoms with van der Waals surface area (Å²) in [5.74, 6) is 0.695. The summed E-state index contributed by atoms with van der Waals surface area (Å²) in [4.78, 5) is 0. The fourth-order valence-corrected chi connectivity index (χ4v) is 2.48. The van der Waals surface area contributed by atoms with Gasteiger partial charge in [-0.15, -0.1) is 0 Å². The van der Waals surface area contributed by atoms with Crippen molar-refractivity contribution >= 4 is 5.69 Å². The van der Waals surface area contributed by atoms with E-state index in [1.165, 1.54) is 12.1 Å². The van der Waals surface area contributed by atoms with Crippen LogP contribution in [0.1, 0.15) is 38.2 Å². The maximum absolute atomic E-state index is 12.8. The molecular formula is C14H18F3N. The molecule has 0 radical (unpaired) electrons. The number of halogens is 3. The Labute approximate surface area is 105 Å². The van der Waals surface area contributed by atoms with Gasteiger partial charge in [-0.3, -0.25) is 0 Å². The van der Waals surface area contributed by atoms with Gasteiger partial charge >= 0.3 is 6.18 Å². The Hall–Kier alpha value is -1.19. The van der Waals surface area contributed by atoms with Crippen LogP contribution in [0, 0.1) is 5.92 Å². The average molecular weight is 257 g/mol. The first-order valence-electron chi connectivity index (χ1n) is 6.39. The van der Waals surface area contributed by atoms with Crippen LogP contribution in [-0.2, 0) is 6.18 Å². The number of anilines is 1. The molecule has 0 atom stereocenters. The van der Waals surface area contributed by atoms with Crippen LogP contribution in [0.5, 0.6) is 0 Å². The molecule has 1 fully saturated rings. The smallest absolute Gasteiger partial charge is 0.382 e. The fraction of sp³-hybridized carbons (Fsp3) is 0.571. The summed E-state index contributed by atoms with van der Waals surface area (Å²) in [6.45, 7) is 2.19. The van der Waals surface area contributed by atoms with E-state index in [1.54, 1.807) is 6.07 Å². The molecule has 0 saturated heterocycles. The second-order valence-corrected chi connectivity index (χ2v) is 5.14. The molecule has 2 rings (SSSR count). The summed E-state index contributed by atoms with van der Waals surface area (Å²) in [6, 6.07) is 5.89. The van der Waals surface area contributed by atoms with Crippen LogP contribution in [0.25, 0.3) is 0 Å².